The lowest BCUT2D eigenvalue weighted by Crippen LogP contribution is -2.03. The minimum absolute atomic E-state index is 0.653. The van der Waals surface area contributed by atoms with Crippen LogP contribution in [0, 0.1) is 6.07 Å². The maximum atomic E-state index is 11.3. The molecule has 59 valence electrons. The second-order valence-corrected chi connectivity index (χ2v) is 4.63. The molecule has 0 saturated heterocycles. The first kappa shape index (κ1) is 8.97. The Balaban J connectivity index is 2.61. The SMILES string of the molecule is CSC[S+]([O-])c1[c]cccc1. The molecule has 0 fully saturated rings. The van der Waals surface area contributed by atoms with Gasteiger partial charge in [-0.3, -0.25) is 0 Å². The van der Waals surface area contributed by atoms with Crippen LogP contribution in [0.4, 0.5) is 0 Å². The Kier molecular flexibility index (Phi) is 3.83. The van der Waals surface area contributed by atoms with Crippen LogP contribution in [-0.4, -0.2) is 15.9 Å². The molecule has 1 rings (SSSR count). The van der Waals surface area contributed by atoms with Gasteiger partial charge in [-0.05, 0) is 29.6 Å². The van der Waals surface area contributed by atoms with E-state index in [1.165, 1.54) is 0 Å². The van der Waals surface area contributed by atoms with E-state index in [1.54, 1.807) is 17.8 Å². The molecule has 1 atom stereocenters. The van der Waals surface area contributed by atoms with Gasteiger partial charge in [-0.2, -0.15) is 0 Å². The van der Waals surface area contributed by atoms with Crippen molar-refractivity contribution in [2.24, 2.45) is 0 Å². The van der Waals surface area contributed by atoms with Gasteiger partial charge >= 0.3 is 0 Å². The molecule has 1 aromatic carbocycles. The van der Waals surface area contributed by atoms with Crippen molar-refractivity contribution in [2.45, 2.75) is 4.90 Å². The highest BCUT2D eigenvalue weighted by atomic mass is 32.3. The molecule has 0 saturated carbocycles. The summed E-state index contributed by atoms with van der Waals surface area (Å²) in [6, 6.07) is 10.3. The summed E-state index contributed by atoms with van der Waals surface area (Å²) in [6.07, 6.45) is 1.95. The van der Waals surface area contributed by atoms with Gasteiger partial charge in [0.1, 0.15) is 0 Å². The molecule has 0 aliphatic heterocycles. The summed E-state index contributed by atoms with van der Waals surface area (Å²) in [5.41, 5.74) is 0. The minimum atomic E-state index is -0.876. The zero-order chi connectivity index (χ0) is 8.10. The van der Waals surface area contributed by atoms with Gasteiger partial charge in [-0.15, -0.1) is 11.8 Å². The predicted molar refractivity (Wildman–Crippen MR) is 50.1 cm³/mol. The summed E-state index contributed by atoms with van der Waals surface area (Å²) in [5, 5.41) is 0.653. The molecule has 0 aliphatic rings. The molecular weight excluding hydrogens is 176 g/mol. The standard InChI is InChI=1S/C8H9OS2/c1-10-7-11(9)8-5-3-2-4-6-8/h2-5H,7H2,1H3. The minimum Gasteiger partial charge on any atom is -0.611 e. The van der Waals surface area contributed by atoms with E-state index in [9.17, 15) is 4.55 Å². The van der Waals surface area contributed by atoms with Crippen LogP contribution in [0.5, 0.6) is 0 Å². The van der Waals surface area contributed by atoms with E-state index in [2.05, 4.69) is 6.07 Å². The maximum Gasteiger partial charge on any atom is 0.161 e. The van der Waals surface area contributed by atoms with E-state index >= 15 is 0 Å². The number of benzene rings is 1. The third-order valence-electron chi connectivity index (χ3n) is 1.15. The highest BCUT2D eigenvalue weighted by Crippen LogP contribution is 2.12. The van der Waals surface area contributed by atoms with E-state index in [0.29, 0.717) is 5.08 Å². The third-order valence-corrected chi connectivity index (χ3v) is 3.69. The maximum absolute atomic E-state index is 11.3. The predicted octanol–water partition coefficient (Wildman–Crippen LogP) is 1.91. The van der Waals surface area contributed by atoms with Crippen LogP contribution >= 0.6 is 11.8 Å². The van der Waals surface area contributed by atoms with Gasteiger partial charge < -0.3 is 4.55 Å². The van der Waals surface area contributed by atoms with Crippen LogP contribution in [0.1, 0.15) is 0 Å². The first-order valence-corrected chi connectivity index (χ1v) is 5.90. The Morgan fingerprint density at radius 1 is 1.64 bits per heavy atom. The summed E-state index contributed by atoms with van der Waals surface area (Å²) in [6.45, 7) is 0. The highest BCUT2D eigenvalue weighted by molar-refractivity contribution is 8.12. The molecule has 11 heavy (non-hydrogen) atoms. The molecule has 0 aliphatic carbocycles. The Hall–Kier alpha value is -0.120. The Bertz CT molecular complexity index is 201. The summed E-state index contributed by atoms with van der Waals surface area (Å²) in [7, 11) is 0. The van der Waals surface area contributed by atoms with Crippen molar-refractivity contribution in [3.63, 3.8) is 0 Å². The average Bonchev–Trinajstić information content (AvgIpc) is 2.07. The van der Waals surface area contributed by atoms with Gasteiger partial charge in [0, 0.05) is 6.07 Å². The highest BCUT2D eigenvalue weighted by Gasteiger charge is 2.07. The van der Waals surface area contributed by atoms with Crippen molar-refractivity contribution < 1.29 is 4.55 Å². The zero-order valence-corrected chi connectivity index (χ0v) is 7.87. The van der Waals surface area contributed by atoms with E-state index in [4.69, 9.17) is 0 Å². The Labute approximate surface area is 74.4 Å². The summed E-state index contributed by atoms with van der Waals surface area (Å²) >= 11 is 0.708. The zero-order valence-electron chi connectivity index (χ0n) is 6.24. The molecule has 1 unspecified atom stereocenters. The van der Waals surface area contributed by atoms with Crippen LogP contribution in [0.15, 0.2) is 29.2 Å². The molecule has 0 amide bonds. The number of hydrogen-bond acceptors (Lipinski definition) is 2. The first-order chi connectivity index (χ1) is 5.34. The van der Waals surface area contributed by atoms with Crippen molar-refractivity contribution in [1.82, 2.24) is 0 Å². The van der Waals surface area contributed by atoms with Crippen LogP contribution in [0.3, 0.4) is 0 Å². The topological polar surface area (TPSA) is 23.1 Å². The average molecular weight is 185 g/mol. The van der Waals surface area contributed by atoms with Crippen LogP contribution in [0.25, 0.3) is 0 Å². The fourth-order valence-corrected chi connectivity index (χ4v) is 2.48. The molecule has 0 aromatic heterocycles. The normalized spacial score (nSPS) is 12.9. The van der Waals surface area contributed by atoms with E-state index in [0.717, 1.165) is 4.90 Å². The molecule has 0 bridgehead atoms. The van der Waals surface area contributed by atoms with Gasteiger partial charge in [0.15, 0.2) is 9.98 Å². The monoisotopic (exact) mass is 185 g/mol. The largest absolute Gasteiger partial charge is 0.611 e. The van der Waals surface area contributed by atoms with Crippen LogP contribution < -0.4 is 0 Å². The van der Waals surface area contributed by atoms with E-state index in [-0.39, 0.29) is 0 Å². The second kappa shape index (κ2) is 4.70. The fourth-order valence-electron chi connectivity index (χ4n) is 0.689. The fraction of sp³-hybridized carbons (Fsp3) is 0.250. The molecule has 1 aromatic rings. The summed E-state index contributed by atoms with van der Waals surface area (Å²) in [5.74, 6) is 0. The molecule has 3 heteroatoms. The lowest BCUT2D eigenvalue weighted by atomic mass is 10.4. The molecule has 1 nitrogen and oxygen atoms in total. The van der Waals surface area contributed by atoms with Gasteiger partial charge in [0.05, 0.1) is 0 Å². The Morgan fingerprint density at radius 3 is 3.00 bits per heavy atom. The van der Waals surface area contributed by atoms with Crippen molar-refractivity contribution in [2.75, 3.05) is 11.3 Å². The summed E-state index contributed by atoms with van der Waals surface area (Å²) in [4.78, 5) is 0.793. The first-order valence-electron chi connectivity index (χ1n) is 3.18. The van der Waals surface area contributed by atoms with Crippen molar-refractivity contribution >= 4 is 22.9 Å². The van der Waals surface area contributed by atoms with Crippen molar-refractivity contribution in [3.05, 3.63) is 30.3 Å². The smallest absolute Gasteiger partial charge is 0.161 e. The molecule has 1 radical (unpaired) electrons. The molecule has 0 N–H and O–H groups in total. The van der Waals surface area contributed by atoms with Crippen molar-refractivity contribution in [3.8, 4) is 0 Å². The van der Waals surface area contributed by atoms with E-state index < -0.39 is 11.2 Å². The molecule has 0 spiro atoms. The van der Waals surface area contributed by atoms with E-state index in [1.807, 2.05) is 24.5 Å². The van der Waals surface area contributed by atoms with Crippen LogP contribution in [0.2, 0.25) is 0 Å². The lowest BCUT2D eigenvalue weighted by Gasteiger charge is -2.06. The van der Waals surface area contributed by atoms with Crippen LogP contribution in [-0.2, 0) is 11.2 Å². The van der Waals surface area contributed by atoms with Crippen molar-refractivity contribution in [1.29, 1.82) is 0 Å². The van der Waals surface area contributed by atoms with Gasteiger partial charge in [0.25, 0.3) is 0 Å². The molecular formula is C8H9OS2. The number of thioether (sulfide) groups is 1. The second-order valence-electron chi connectivity index (χ2n) is 1.98. The summed E-state index contributed by atoms with van der Waals surface area (Å²) < 4.78 is 11.3. The molecule has 0 heterocycles. The quantitative estimate of drug-likeness (QED) is 0.671. The number of rotatable bonds is 3. The van der Waals surface area contributed by atoms with Gasteiger partial charge in [0.2, 0.25) is 0 Å². The van der Waals surface area contributed by atoms with Gasteiger partial charge in [-0.25, -0.2) is 0 Å². The lowest BCUT2D eigenvalue weighted by molar-refractivity contribution is 0.599. The Morgan fingerprint density at radius 2 is 2.45 bits per heavy atom. The van der Waals surface area contributed by atoms with Gasteiger partial charge in [-0.1, -0.05) is 12.1 Å². The third kappa shape index (κ3) is 2.77. The number of hydrogen-bond donors (Lipinski definition) is 0.